The number of esters is 2. The number of hydrazone groups is 1. The van der Waals surface area contributed by atoms with Gasteiger partial charge in [0, 0.05) is 12.7 Å². The number of carbonyl (C=O) groups excluding carboxylic acids is 2. The highest BCUT2D eigenvalue weighted by Gasteiger charge is 2.56. The molecule has 27 heavy (non-hydrogen) atoms. The fourth-order valence-corrected chi connectivity index (χ4v) is 5.62. The molecule has 1 aromatic carbocycles. The molecule has 0 saturated heterocycles. The molecule has 0 N–H and O–H groups in total. The summed E-state index contributed by atoms with van der Waals surface area (Å²) in [6, 6.07) is 7.83. The molecule has 0 bridgehead atoms. The van der Waals surface area contributed by atoms with Crippen LogP contribution in [0.25, 0.3) is 0 Å². The second-order valence-electron chi connectivity index (χ2n) is 5.99. The highest BCUT2D eigenvalue weighted by molar-refractivity contribution is 8.28. The Kier molecular flexibility index (Phi) is 5.43. The second kappa shape index (κ2) is 7.47. The van der Waals surface area contributed by atoms with Gasteiger partial charge in [-0.25, -0.2) is 14.6 Å². The molecule has 0 fully saturated rings. The first kappa shape index (κ1) is 19.6. The summed E-state index contributed by atoms with van der Waals surface area (Å²) in [5.41, 5.74) is 2.69. The van der Waals surface area contributed by atoms with Crippen molar-refractivity contribution < 1.29 is 19.1 Å². The molecule has 2 aliphatic heterocycles. The van der Waals surface area contributed by atoms with E-state index in [0.29, 0.717) is 11.5 Å². The van der Waals surface area contributed by atoms with Crippen LogP contribution in [0.15, 0.2) is 40.0 Å². The van der Waals surface area contributed by atoms with Crippen molar-refractivity contribution in [3.63, 3.8) is 0 Å². The molecule has 0 amide bonds. The molecule has 7 nitrogen and oxygen atoms in total. The predicted octanol–water partition coefficient (Wildman–Crippen LogP) is 3.12. The average Bonchev–Trinajstić information content (AvgIpc) is 3.16. The number of allylic oxidation sites excluding steroid dienone is 1. The molecule has 144 valence electrons. The number of aryl methyl sites for hydroxylation is 1. The van der Waals surface area contributed by atoms with Gasteiger partial charge in [-0.15, -0.1) is 0 Å². The number of hydrogen-bond acceptors (Lipinski definition) is 9. The van der Waals surface area contributed by atoms with E-state index >= 15 is 0 Å². The Balaban J connectivity index is 2.03. The van der Waals surface area contributed by atoms with Gasteiger partial charge in [-0.05, 0) is 44.7 Å². The summed E-state index contributed by atoms with van der Waals surface area (Å²) < 4.78 is 9.22. The molecule has 1 atom stereocenters. The van der Waals surface area contributed by atoms with Crippen LogP contribution in [0.4, 0.5) is 5.69 Å². The maximum Gasteiger partial charge on any atom is 0.365 e. The minimum absolute atomic E-state index is 0.232. The molecular weight excluding hydrogens is 386 g/mol. The molecule has 3 rings (SSSR count). The van der Waals surface area contributed by atoms with Gasteiger partial charge in [0.1, 0.15) is 4.91 Å². The van der Waals surface area contributed by atoms with Gasteiger partial charge in [0.15, 0.2) is 0 Å². The number of methoxy groups -OCH3 is 1. The molecule has 0 aliphatic carbocycles. The normalized spacial score (nSPS) is 21.7. The van der Waals surface area contributed by atoms with E-state index in [9.17, 15) is 9.59 Å². The SMILES string of the molecule is CCOC(=O)C1=C(C)N(C)[C@]2(SC(C(=O)OC)=NN2c2ccc(C)cc2)S1. The Morgan fingerprint density at radius 1 is 1.15 bits per heavy atom. The van der Waals surface area contributed by atoms with Crippen LogP contribution in [0.3, 0.4) is 0 Å². The lowest BCUT2D eigenvalue weighted by atomic mass is 10.2. The zero-order valence-electron chi connectivity index (χ0n) is 15.8. The third-order valence-corrected chi connectivity index (χ3v) is 7.31. The van der Waals surface area contributed by atoms with E-state index in [2.05, 4.69) is 5.10 Å². The first-order valence-electron chi connectivity index (χ1n) is 8.37. The number of benzene rings is 1. The molecule has 0 saturated carbocycles. The Bertz CT molecular complexity index is 838. The smallest absolute Gasteiger partial charge is 0.365 e. The zero-order chi connectivity index (χ0) is 19.8. The van der Waals surface area contributed by atoms with Crippen molar-refractivity contribution in [3.05, 3.63) is 40.4 Å². The molecule has 0 unspecified atom stereocenters. The fraction of sp³-hybridized carbons (Fsp3) is 0.389. The number of thioether (sulfide) groups is 2. The monoisotopic (exact) mass is 407 g/mol. The van der Waals surface area contributed by atoms with Crippen molar-refractivity contribution in [3.8, 4) is 0 Å². The molecule has 9 heteroatoms. The summed E-state index contributed by atoms with van der Waals surface area (Å²) in [6.45, 7) is 5.93. The van der Waals surface area contributed by atoms with Crippen molar-refractivity contribution in [2.45, 2.75) is 25.1 Å². The fourth-order valence-electron chi connectivity index (χ4n) is 2.72. The third kappa shape index (κ3) is 3.29. The number of carbonyl (C=O) groups is 2. The number of ether oxygens (including phenoxy) is 2. The number of anilines is 1. The quantitative estimate of drug-likeness (QED) is 0.705. The number of hydrogen-bond donors (Lipinski definition) is 0. The maximum absolute atomic E-state index is 12.4. The van der Waals surface area contributed by atoms with Crippen LogP contribution in [0, 0.1) is 6.92 Å². The highest BCUT2D eigenvalue weighted by atomic mass is 32.2. The van der Waals surface area contributed by atoms with E-state index in [1.54, 1.807) is 11.9 Å². The summed E-state index contributed by atoms with van der Waals surface area (Å²) in [5.74, 6) is -0.884. The van der Waals surface area contributed by atoms with Gasteiger partial charge in [0.25, 0.3) is 0 Å². The van der Waals surface area contributed by atoms with Crippen LogP contribution in [0.5, 0.6) is 0 Å². The predicted molar refractivity (Wildman–Crippen MR) is 108 cm³/mol. The van der Waals surface area contributed by atoms with Crippen LogP contribution in [0.2, 0.25) is 0 Å². The van der Waals surface area contributed by atoms with Crippen LogP contribution < -0.4 is 5.01 Å². The third-order valence-electron chi connectivity index (χ3n) is 4.28. The van der Waals surface area contributed by atoms with E-state index in [0.717, 1.165) is 16.9 Å². The number of nitrogens with zero attached hydrogens (tertiary/aromatic N) is 3. The van der Waals surface area contributed by atoms with Crippen LogP contribution in [-0.2, 0) is 19.1 Å². The number of rotatable bonds is 4. The minimum atomic E-state index is -0.842. The topological polar surface area (TPSA) is 71.4 Å². The van der Waals surface area contributed by atoms with Gasteiger partial charge in [0.05, 0.1) is 19.4 Å². The lowest BCUT2D eigenvalue weighted by Gasteiger charge is -2.39. The first-order chi connectivity index (χ1) is 12.8. The summed E-state index contributed by atoms with van der Waals surface area (Å²) in [6.07, 6.45) is 0. The van der Waals surface area contributed by atoms with Crippen LogP contribution in [-0.4, -0.2) is 47.0 Å². The Labute approximate surface area is 166 Å². The van der Waals surface area contributed by atoms with E-state index in [4.69, 9.17) is 9.47 Å². The Morgan fingerprint density at radius 3 is 2.41 bits per heavy atom. The second-order valence-corrected chi connectivity index (χ2v) is 8.59. The molecule has 1 spiro atoms. The van der Waals surface area contributed by atoms with E-state index in [1.165, 1.54) is 30.6 Å². The molecule has 1 aromatic rings. The first-order valence-corrected chi connectivity index (χ1v) is 10.0. The summed E-state index contributed by atoms with van der Waals surface area (Å²) in [4.78, 5) is 27.0. The van der Waals surface area contributed by atoms with Gasteiger partial charge in [-0.1, -0.05) is 29.5 Å². The molecular formula is C18H21N3O4S2. The van der Waals surface area contributed by atoms with E-state index < -0.39 is 10.3 Å². The molecule has 2 aliphatic rings. The van der Waals surface area contributed by atoms with Gasteiger partial charge >= 0.3 is 11.9 Å². The van der Waals surface area contributed by atoms with Gasteiger partial charge in [-0.2, -0.15) is 5.10 Å². The van der Waals surface area contributed by atoms with Crippen molar-refractivity contribution in [1.82, 2.24) is 4.90 Å². The van der Waals surface area contributed by atoms with E-state index in [1.807, 2.05) is 50.1 Å². The Hall–Kier alpha value is -2.13. The standard InChI is InChI=1S/C18H21N3O4S2/c1-6-25-16(22)14-12(3)20(4)18(26-14)21(13-9-7-11(2)8-10-13)19-15(27-18)17(23)24-5/h7-10H,6H2,1-5H3/t18-/m1/s1. The largest absolute Gasteiger partial charge is 0.464 e. The van der Waals surface area contributed by atoms with E-state index in [-0.39, 0.29) is 11.0 Å². The molecule has 0 radical (unpaired) electrons. The van der Waals surface area contributed by atoms with Gasteiger partial charge < -0.3 is 14.4 Å². The summed E-state index contributed by atoms with van der Waals surface area (Å²) in [7, 11) is 3.20. The minimum Gasteiger partial charge on any atom is -0.464 e. The van der Waals surface area contributed by atoms with Crippen molar-refractivity contribution in [2.75, 3.05) is 25.8 Å². The zero-order valence-corrected chi connectivity index (χ0v) is 17.4. The summed E-state index contributed by atoms with van der Waals surface area (Å²) >= 11 is 2.57. The van der Waals surface area contributed by atoms with Crippen LogP contribution >= 0.6 is 23.5 Å². The van der Waals surface area contributed by atoms with Gasteiger partial charge in [-0.3, -0.25) is 0 Å². The highest BCUT2D eigenvalue weighted by Crippen LogP contribution is 2.58. The lowest BCUT2D eigenvalue weighted by molar-refractivity contribution is -0.137. The average molecular weight is 408 g/mol. The lowest BCUT2D eigenvalue weighted by Crippen LogP contribution is -2.47. The van der Waals surface area contributed by atoms with Gasteiger partial charge in [0.2, 0.25) is 9.37 Å². The molecule has 0 aromatic heterocycles. The van der Waals surface area contributed by atoms with Crippen molar-refractivity contribution in [2.24, 2.45) is 5.10 Å². The van der Waals surface area contributed by atoms with Crippen LogP contribution in [0.1, 0.15) is 19.4 Å². The molecule has 2 heterocycles. The Morgan fingerprint density at radius 2 is 1.81 bits per heavy atom. The maximum atomic E-state index is 12.4. The summed E-state index contributed by atoms with van der Waals surface area (Å²) in [5, 5.41) is 6.50. The van der Waals surface area contributed by atoms with Crippen molar-refractivity contribution >= 4 is 46.2 Å². The van der Waals surface area contributed by atoms with Crippen molar-refractivity contribution in [1.29, 1.82) is 0 Å².